The fourth-order valence-electron chi connectivity index (χ4n) is 2.59. The van der Waals surface area contributed by atoms with E-state index in [0.29, 0.717) is 12.7 Å². The van der Waals surface area contributed by atoms with E-state index in [-0.39, 0.29) is 12.1 Å². The van der Waals surface area contributed by atoms with Crippen LogP contribution in [0.3, 0.4) is 0 Å². The van der Waals surface area contributed by atoms with Gasteiger partial charge >= 0.3 is 0 Å². The molecule has 0 bridgehead atoms. The van der Waals surface area contributed by atoms with E-state index in [9.17, 15) is 5.11 Å². The molecule has 0 spiro atoms. The minimum absolute atomic E-state index is 0.0961. The maximum Gasteiger partial charge on any atom is 0.0691 e. The molecule has 0 saturated heterocycles. The maximum absolute atomic E-state index is 9.88. The lowest BCUT2D eigenvalue weighted by molar-refractivity contribution is -0.0135. The Morgan fingerprint density at radius 2 is 2.05 bits per heavy atom. The molecule has 1 fully saturated rings. The third-order valence-electron chi connectivity index (χ3n) is 4.05. The molecule has 0 amide bonds. The van der Waals surface area contributed by atoms with Crippen LogP contribution in [0.25, 0.3) is 0 Å². The van der Waals surface area contributed by atoms with Crippen LogP contribution < -0.4 is 5.32 Å². The van der Waals surface area contributed by atoms with Crippen molar-refractivity contribution < 1.29 is 9.84 Å². The Morgan fingerprint density at radius 1 is 1.32 bits per heavy atom. The summed E-state index contributed by atoms with van der Waals surface area (Å²) in [5.74, 6) is 0. The molecule has 3 nitrogen and oxygen atoms in total. The number of likely N-dealkylation sites (N-methyl/N-ethyl adjacent to an activating group) is 1. The summed E-state index contributed by atoms with van der Waals surface area (Å²) >= 11 is 0. The number of hydrogen-bond donors (Lipinski definition) is 2. The average molecular weight is 263 g/mol. The number of aliphatic hydroxyl groups excluding tert-OH is 1. The fourth-order valence-corrected chi connectivity index (χ4v) is 2.59. The van der Waals surface area contributed by atoms with Crippen molar-refractivity contribution >= 4 is 0 Å². The van der Waals surface area contributed by atoms with E-state index in [4.69, 9.17) is 4.74 Å². The van der Waals surface area contributed by atoms with Crippen molar-refractivity contribution in [2.24, 2.45) is 0 Å². The minimum atomic E-state index is -0.375. The summed E-state index contributed by atoms with van der Waals surface area (Å²) in [6.45, 7) is 3.70. The van der Waals surface area contributed by atoms with Crippen molar-refractivity contribution in [1.29, 1.82) is 0 Å². The smallest absolute Gasteiger partial charge is 0.0691 e. The van der Waals surface area contributed by atoms with E-state index >= 15 is 0 Å². The first-order valence-electron chi connectivity index (χ1n) is 7.34. The van der Waals surface area contributed by atoms with Crippen LogP contribution >= 0.6 is 0 Å². The van der Waals surface area contributed by atoms with E-state index in [1.807, 2.05) is 18.2 Å². The molecule has 2 rings (SSSR count). The maximum atomic E-state index is 9.88. The van der Waals surface area contributed by atoms with Crippen LogP contribution in [-0.2, 0) is 10.3 Å². The number of aliphatic hydroxyl groups is 1. The summed E-state index contributed by atoms with van der Waals surface area (Å²) in [5.41, 5.74) is 0.760. The van der Waals surface area contributed by atoms with E-state index in [2.05, 4.69) is 24.4 Å². The van der Waals surface area contributed by atoms with Gasteiger partial charge in [0.05, 0.1) is 18.2 Å². The Hall–Kier alpha value is -0.900. The van der Waals surface area contributed by atoms with Crippen molar-refractivity contribution in [2.45, 2.75) is 44.2 Å². The van der Waals surface area contributed by atoms with Gasteiger partial charge in [-0.05, 0) is 37.8 Å². The summed E-state index contributed by atoms with van der Waals surface area (Å²) < 4.78 is 5.85. The number of rotatable bonds is 8. The molecule has 0 aliphatic heterocycles. The van der Waals surface area contributed by atoms with E-state index < -0.39 is 0 Å². The summed E-state index contributed by atoms with van der Waals surface area (Å²) in [7, 11) is 0. The lowest BCUT2D eigenvalue weighted by Gasteiger charge is -2.35. The molecule has 1 unspecified atom stereocenters. The van der Waals surface area contributed by atoms with Gasteiger partial charge in [-0.3, -0.25) is 0 Å². The minimum Gasteiger partial charge on any atom is -0.394 e. The molecular weight excluding hydrogens is 238 g/mol. The molecule has 1 aromatic rings. The molecule has 0 aromatic heterocycles. The van der Waals surface area contributed by atoms with Crippen molar-refractivity contribution in [3.63, 3.8) is 0 Å². The molecule has 1 aliphatic rings. The normalized spacial score (nSPS) is 18.8. The third kappa shape index (κ3) is 3.56. The summed E-state index contributed by atoms with van der Waals surface area (Å²) in [4.78, 5) is 0. The van der Waals surface area contributed by atoms with Crippen LogP contribution in [0.2, 0.25) is 0 Å². The lowest BCUT2D eigenvalue weighted by Crippen LogP contribution is -2.46. The van der Waals surface area contributed by atoms with E-state index in [1.165, 1.54) is 19.3 Å². The van der Waals surface area contributed by atoms with Gasteiger partial charge in [-0.2, -0.15) is 0 Å². The topological polar surface area (TPSA) is 41.5 Å². The van der Waals surface area contributed by atoms with Gasteiger partial charge in [0.15, 0.2) is 0 Å². The average Bonchev–Trinajstić information content (AvgIpc) is 2.41. The fraction of sp³-hybridized carbons (Fsp3) is 0.625. The molecule has 3 heteroatoms. The van der Waals surface area contributed by atoms with Crippen molar-refractivity contribution in [3.05, 3.63) is 35.9 Å². The Morgan fingerprint density at radius 3 is 2.58 bits per heavy atom. The van der Waals surface area contributed by atoms with Gasteiger partial charge < -0.3 is 15.2 Å². The monoisotopic (exact) mass is 263 g/mol. The quantitative estimate of drug-likeness (QED) is 0.757. The Kier molecular flexibility index (Phi) is 5.37. The van der Waals surface area contributed by atoms with Gasteiger partial charge in [-0.1, -0.05) is 37.3 Å². The second-order valence-corrected chi connectivity index (χ2v) is 5.31. The Balaban J connectivity index is 2.00. The summed E-state index contributed by atoms with van der Waals surface area (Å²) in [5, 5.41) is 13.3. The molecule has 1 aliphatic carbocycles. The molecule has 1 saturated carbocycles. The molecule has 106 valence electrons. The largest absolute Gasteiger partial charge is 0.394 e. The molecule has 2 N–H and O–H groups in total. The van der Waals surface area contributed by atoms with Gasteiger partial charge in [-0.25, -0.2) is 0 Å². The Bertz CT molecular complexity index is 364. The first-order valence-corrected chi connectivity index (χ1v) is 7.34. The SMILES string of the molecule is CCNC(CO)(CCOC1CCC1)c1ccccc1. The van der Waals surface area contributed by atoms with Gasteiger partial charge in [0.1, 0.15) is 0 Å². The Labute approximate surface area is 116 Å². The number of nitrogens with one attached hydrogen (secondary N) is 1. The zero-order valence-corrected chi connectivity index (χ0v) is 11.8. The van der Waals surface area contributed by atoms with Crippen molar-refractivity contribution in [1.82, 2.24) is 5.32 Å². The van der Waals surface area contributed by atoms with Crippen LogP contribution in [0.1, 0.15) is 38.2 Å². The number of benzene rings is 1. The van der Waals surface area contributed by atoms with Gasteiger partial charge in [0.25, 0.3) is 0 Å². The first kappa shape index (κ1) is 14.5. The summed E-state index contributed by atoms with van der Waals surface area (Å²) in [6.07, 6.45) is 4.94. The van der Waals surface area contributed by atoms with Crippen LogP contribution in [0.5, 0.6) is 0 Å². The van der Waals surface area contributed by atoms with Gasteiger partial charge in [0.2, 0.25) is 0 Å². The highest BCUT2D eigenvalue weighted by Crippen LogP contribution is 2.27. The van der Waals surface area contributed by atoms with Crippen molar-refractivity contribution in [2.75, 3.05) is 19.8 Å². The van der Waals surface area contributed by atoms with Crippen LogP contribution in [0, 0.1) is 0 Å². The molecule has 19 heavy (non-hydrogen) atoms. The zero-order valence-electron chi connectivity index (χ0n) is 11.8. The second kappa shape index (κ2) is 7.04. The predicted molar refractivity (Wildman–Crippen MR) is 77.1 cm³/mol. The van der Waals surface area contributed by atoms with E-state index in [1.54, 1.807) is 0 Å². The molecule has 0 heterocycles. The summed E-state index contributed by atoms with van der Waals surface area (Å²) in [6, 6.07) is 10.2. The second-order valence-electron chi connectivity index (χ2n) is 5.31. The number of ether oxygens (including phenoxy) is 1. The number of hydrogen-bond acceptors (Lipinski definition) is 3. The molecule has 0 radical (unpaired) electrons. The highest BCUT2D eigenvalue weighted by Gasteiger charge is 2.30. The first-order chi connectivity index (χ1) is 9.30. The van der Waals surface area contributed by atoms with Gasteiger partial charge in [0, 0.05) is 6.61 Å². The highest BCUT2D eigenvalue weighted by molar-refractivity contribution is 5.24. The van der Waals surface area contributed by atoms with Crippen LogP contribution in [0.15, 0.2) is 30.3 Å². The molecule has 1 aromatic carbocycles. The molecule has 1 atom stereocenters. The van der Waals surface area contributed by atoms with Gasteiger partial charge in [-0.15, -0.1) is 0 Å². The van der Waals surface area contributed by atoms with Crippen molar-refractivity contribution in [3.8, 4) is 0 Å². The molecular formula is C16H25NO2. The predicted octanol–water partition coefficient (Wildman–Crippen LogP) is 2.44. The zero-order chi connectivity index (χ0) is 13.6. The standard InChI is InChI=1S/C16H25NO2/c1-2-17-16(13-18,14-7-4-3-5-8-14)11-12-19-15-9-6-10-15/h3-5,7-8,15,17-18H,2,6,9-13H2,1H3. The third-order valence-corrected chi connectivity index (χ3v) is 4.05. The highest BCUT2D eigenvalue weighted by atomic mass is 16.5. The van der Waals surface area contributed by atoms with Crippen LogP contribution in [-0.4, -0.2) is 31.0 Å². The van der Waals surface area contributed by atoms with Crippen LogP contribution in [0.4, 0.5) is 0 Å². The van der Waals surface area contributed by atoms with E-state index in [0.717, 1.165) is 18.5 Å². The lowest BCUT2D eigenvalue weighted by atomic mass is 9.87.